The summed E-state index contributed by atoms with van der Waals surface area (Å²) in [7, 11) is 5.20. The Morgan fingerprint density at radius 2 is 2.07 bits per heavy atom. The SMILES string of the molecule is CNCCc1cc(OC)ccc1NOC. The lowest BCUT2D eigenvalue weighted by Crippen LogP contribution is -2.12. The van der Waals surface area contributed by atoms with Crippen LogP contribution in [0.15, 0.2) is 18.2 Å². The maximum absolute atomic E-state index is 5.18. The maximum atomic E-state index is 5.18. The summed E-state index contributed by atoms with van der Waals surface area (Å²) >= 11 is 0. The van der Waals surface area contributed by atoms with Crippen molar-refractivity contribution in [2.45, 2.75) is 6.42 Å². The van der Waals surface area contributed by atoms with Crippen molar-refractivity contribution in [3.05, 3.63) is 23.8 Å². The van der Waals surface area contributed by atoms with Crippen LogP contribution in [0.1, 0.15) is 5.56 Å². The highest BCUT2D eigenvalue weighted by atomic mass is 16.6. The molecular formula is C11H18N2O2. The lowest BCUT2D eigenvalue weighted by Gasteiger charge is -2.11. The van der Waals surface area contributed by atoms with E-state index in [9.17, 15) is 0 Å². The fraction of sp³-hybridized carbons (Fsp3) is 0.455. The maximum Gasteiger partial charge on any atom is 0.119 e. The lowest BCUT2D eigenvalue weighted by molar-refractivity contribution is 0.270. The zero-order valence-electron chi connectivity index (χ0n) is 9.46. The van der Waals surface area contributed by atoms with Gasteiger partial charge in [0.2, 0.25) is 0 Å². The normalized spacial score (nSPS) is 10.1. The van der Waals surface area contributed by atoms with E-state index in [1.807, 2.05) is 25.2 Å². The number of nitrogens with one attached hydrogen (secondary N) is 2. The third kappa shape index (κ3) is 3.42. The summed E-state index contributed by atoms with van der Waals surface area (Å²) in [5.41, 5.74) is 5.00. The molecule has 0 aromatic heterocycles. The Kier molecular flexibility index (Phi) is 4.93. The van der Waals surface area contributed by atoms with Crippen molar-refractivity contribution in [3.8, 4) is 5.75 Å². The number of likely N-dealkylation sites (N-methyl/N-ethyl adjacent to an activating group) is 1. The molecule has 0 unspecified atom stereocenters. The van der Waals surface area contributed by atoms with E-state index in [2.05, 4.69) is 10.8 Å². The third-order valence-electron chi connectivity index (χ3n) is 2.17. The molecule has 1 aromatic rings. The van der Waals surface area contributed by atoms with Crippen LogP contribution in [0.25, 0.3) is 0 Å². The van der Waals surface area contributed by atoms with Gasteiger partial charge >= 0.3 is 0 Å². The lowest BCUT2D eigenvalue weighted by atomic mass is 10.1. The smallest absolute Gasteiger partial charge is 0.119 e. The molecule has 2 N–H and O–H groups in total. The van der Waals surface area contributed by atoms with Gasteiger partial charge in [-0.1, -0.05) is 0 Å². The molecule has 0 spiro atoms. The number of methoxy groups -OCH3 is 1. The first-order valence-corrected chi connectivity index (χ1v) is 4.92. The van der Waals surface area contributed by atoms with Gasteiger partial charge in [0.1, 0.15) is 5.75 Å². The van der Waals surface area contributed by atoms with Crippen LogP contribution in [0, 0.1) is 0 Å². The molecule has 0 saturated carbocycles. The van der Waals surface area contributed by atoms with Gasteiger partial charge in [-0.25, -0.2) is 0 Å². The molecule has 0 heterocycles. The van der Waals surface area contributed by atoms with Crippen LogP contribution in [0.5, 0.6) is 5.75 Å². The van der Waals surface area contributed by atoms with Crippen molar-refractivity contribution in [1.29, 1.82) is 0 Å². The minimum Gasteiger partial charge on any atom is -0.497 e. The van der Waals surface area contributed by atoms with Gasteiger partial charge < -0.3 is 10.1 Å². The molecule has 0 fully saturated rings. The first kappa shape index (κ1) is 11.8. The molecule has 15 heavy (non-hydrogen) atoms. The molecule has 0 bridgehead atoms. The van der Waals surface area contributed by atoms with Crippen LogP contribution >= 0.6 is 0 Å². The second-order valence-electron chi connectivity index (χ2n) is 3.18. The summed E-state index contributed by atoms with van der Waals surface area (Å²) in [6, 6.07) is 5.87. The van der Waals surface area contributed by atoms with Gasteiger partial charge in [-0.2, -0.15) is 0 Å². The van der Waals surface area contributed by atoms with Gasteiger partial charge in [0.05, 0.1) is 19.9 Å². The molecular weight excluding hydrogens is 192 g/mol. The van der Waals surface area contributed by atoms with Gasteiger partial charge in [-0.15, -0.1) is 0 Å². The van der Waals surface area contributed by atoms with Crippen molar-refractivity contribution in [2.24, 2.45) is 0 Å². The quantitative estimate of drug-likeness (QED) is 0.697. The molecule has 0 aliphatic rings. The zero-order valence-corrected chi connectivity index (χ0v) is 9.46. The highest BCUT2D eigenvalue weighted by Crippen LogP contribution is 2.22. The number of ether oxygens (including phenoxy) is 1. The average Bonchev–Trinajstić information content (AvgIpc) is 2.28. The summed E-state index contributed by atoms with van der Waals surface area (Å²) in [6.07, 6.45) is 0.930. The summed E-state index contributed by atoms with van der Waals surface area (Å²) in [6.45, 7) is 0.922. The highest BCUT2D eigenvalue weighted by Gasteiger charge is 2.03. The third-order valence-corrected chi connectivity index (χ3v) is 2.17. The van der Waals surface area contributed by atoms with Crippen LogP contribution in [0.3, 0.4) is 0 Å². The standard InChI is InChI=1S/C11H18N2O2/c1-12-7-6-9-8-10(14-2)4-5-11(9)13-15-3/h4-5,8,12-13H,6-7H2,1-3H3. The number of hydrogen-bond acceptors (Lipinski definition) is 4. The molecule has 0 aliphatic heterocycles. The van der Waals surface area contributed by atoms with E-state index < -0.39 is 0 Å². The van der Waals surface area contributed by atoms with Crippen LogP contribution < -0.4 is 15.5 Å². The van der Waals surface area contributed by atoms with E-state index >= 15 is 0 Å². The Morgan fingerprint density at radius 3 is 2.67 bits per heavy atom. The molecule has 0 radical (unpaired) electrons. The largest absolute Gasteiger partial charge is 0.497 e. The first-order valence-electron chi connectivity index (χ1n) is 4.92. The molecule has 4 nitrogen and oxygen atoms in total. The van der Waals surface area contributed by atoms with Gasteiger partial charge in [-0.05, 0) is 43.8 Å². The molecule has 84 valence electrons. The van der Waals surface area contributed by atoms with Gasteiger partial charge in [0.15, 0.2) is 0 Å². The fourth-order valence-electron chi connectivity index (χ4n) is 1.37. The van der Waals surface area contributed by atoms with Gasteiger partial charge in [0.25, 0.3) is 0 Å². The Hall–Kier alpha value is -1.26. The number of anilines is 1. The summed E-state index contributed by atoms with van der Waals surface area (Å²) < 4.78 is 5.18. The predicted molar refractivity (Wildman–Crippen MR) is 61.3 cm³/mol. The van der Waals surface area contributed by atoms with Crippen molar-refractivity contribution in [3.63, 3.8) is 0 Å². The molecule has 4 heteroatoms. The van der Waals surface area contributed by atoms with E-state index in [0.717, 1.165) is 24.4 Å². The number of rotatable bonds is 6. The number of benzene rings is 1. The van der Waals surface area contributed by atoms with E-state index in [1.165, 1.54) is 5.56 Å². The van der Waals surface area contributed by atoms with Gasteiger partial charge in [-0.3, -0.25) is 10.3 Å². The fourth-order valence-corrected chi connectivity index (χ4v) is 1.37. The number of hydrogen-bond donors (Lipinski definition) is 2. The van der Waals surface area contributed by atoms with E-state index in [-0.39, 0.29) is 0 Å². The van der Waals surface area contributed by atoms with Crippen LogP contribution in [0.2, 0.25) is 0 Å². The van der Waals surface area contributed by atoms with E-state index in [4.69, 9.17) is 9.57 Å². The molecule has 0 atom stereocenters. The monoisotopic (exact) mass is 210 g/mol. The minimum absolute atomic E-state index is 0.864. The highest BCUT2D eigenvalue weighted by molar-refractivity contribution is 5.53. The minimum atomic E-state index is 0.864. The Morgan fingerprint density at radius 1 is 1.27 bits per heavy atom. The average molecular weight is 210 g/mol. The van der Waals surface area contributed by atoms with Crippen molar-refractivity contribution in [1.82, 2.24) is 5.32 Å². The van der Waals surface area contributed by atoms with Crippen LogP contribution in [-0.2, 0) is 11.3 Å². The molecule has 1 aromatic carbocycles. The first-order chi connectivity index (χ1) is 7.31. The zero-order chi connectivity index (χ0) is 11.1. The molecule has 0 aliphatic carbocycles. The Balaban J connectivity index is 2.83. The topological polar surface area (TPSA) is 42.5 Å². The van der Waals surface area contributed by atoms with Crippen molar-refractivity contribution in [2.75, 3.05) is 33.3 Å². The summed E-state index contributed by atoms with van der Waals surface area (Å²) in [5, 5.41) is 3.11. The van der Waals surface area contributed by atoms with E-state index in [0.29, 0.717) is 0 Å². The summed E-state index contributed by atoms with van der Waals surface area (Å²) in [5.74, 6) is 0.864. The van der Waals surface area contributed by atoms with Crippen LogP contribution in [-0.4, -0.2) is 27.8 Å². The Labute approximate surface area is 90.5 Å². The van der Waals surface area contributed by atoms with Crippen molar-refractivity contribution >= 4 is 5.69 Å². The molecule has 0 amide bonds. The second-order valence-corrected chi connectivity index (χ2v) is 3.18. The van der Waals surface area contributed by atoms with Crippen molar-refractivity contribution < 1.29 is 9.57 Å². The molecule has 1 rings (SSSR count). The van der Waals surface area contributed by atoms with E-state index in [1.54, 1.807) is 14.2 Å². The second kappa shape index (κ2) is 6.27. The predicted octanol–water partition coefficient (Wildman–Crippen LogP) is 1.43. The Bertz CT molecular complexity index is 303. The summed E-state index contributed by atoms with van der Waals surface area (Å²) in [4.78, 5) is 4.91. The molecule has 0 saturated heterocycles. The van der Waals surface area contributed by atoms with Crippen LogP contribution in [0.4, 0.5) is 5.69 Å². The van der Waals surface area contributed by atoms with Gasteiger partial charge in [0, 0.05) is 0 Å².